The summed E-state index contributed by atoms with van der Waals surface area (Å²) in [5.74, 6) is 0.0837. The summed E-state index contributed by atoms with van der Waals surface area (Å²) in [6.45, 7) is 2.55. The Morgan fingerprint density at radius 3 is 2.81 bits per heavy atom. The highest BCUT2D eigenvalue weighted by molar-refractivity contribution is 9.11. The average molecular weight is 364 g/mol. The van der Waals surface area contributed by atoms with Crippen molar-refractivity contribution in [2.24, 2.45) is 0 Å². The molecular weight excluding hydrogens is 350 g/mol. The number of carbonyl (C=O) groups is 2. The van der Waals surface area contributed by atoms with E-state index in [0.717, 1.165) is 15.0 Å². The number of carbonyl (C=O) groups excluding carboxylic acids is 2. The monoisotopic (exact) mass is 363 g/mol. The average Bonchev–Trinajstić information content (AvgIpc) is 2.73. The zero-order chi connectivity index (χ0) is 15.0. The largest absolute Gasteiger partial charge is 0.307 e. The van der Waals surface area contributed by atoms with Crippen LogP contribution in [0.15, 0.2) is 34.1 Å². The third-order valence-corrected chi connectivity index (χ3v) is 5.72. The maximum Gasteiger partial charge on any atom is 0.268 e. The van der Waals surface area contributed by atoms with Crippen molar-refractivity contribution in [1.29, 1.82) is 0 Å². The van der Waals surface area contributed by atoms with Gasteiger partial charge in [0.05, 0.1) is 14.4 Å². The molecule has 2 aromatic rings. The van der Waals surface area contributed by atoms with Crippen molar-refractivity contribution in [3.05, 3.63) is 50.1 Å². The second-order valence-electron chi connectivity index (χ2n) is 5.07. The molecule has 0 aliphatic carbocycles. The Hall–Kier alpha value is -1.46. The Morgan fingerprint density at radius 2 is 2.10 bits per heavy atom. The van der Waals surface area contributed by atoms with E-state index in [-0.39, 0.29) is 11.7 Å². The number of rotatable bonds is 1. The van der Waals surface area contributed by atoms with Crippen LogP contribution in [0, 0.1) is 6.92 Å². The lowest BCUT2D eigenvalue weighted by Gasteiger charge is -2.21. The quantitative estimate of drug-likeness (QED) is 0.750. The van der Waals surface area contributed by atoms with E-state index in [0.29, 0.717) is 29.8 Å². The molecule has 5 heteroatoms. The van der Waals surface area contributed by atoms with Crippen LogP contribution in [-0.2, 0) is 0 Å². The molecule has 0 spiro atoms. The zero-order valence-corrected chi connectivity index (χ0v) is 14.0. The van der Waals surface area contributed by atoms with Gasteiger partial charge >= 0.3 is 0 Å². The predicted octanol–water partition coefficient (Wildman–Crippen LogP) is 4.44. The molecule has 108 valence electrons. The zero-order valence-electron chi connectivity index (χ0n) is 11.6. The number of benzene rings is 1. The number of amides is 1. The molecule has 21 heavy (non-hydrogen) atoms. The summed E-state index contributed by atoms with van der Waals surface area (Å²) < 4.78 is 0.977. The van der Waals surface area contributed by atoms with Gasteiger partial charge in [0, 0.05) is 18.5 Å². The van der Waals surface area contributed by atoms with Gasteiger partial charge in [0.2, 0.25) is 0 Å². The molecule has 0 atom stereocenters. The van der Waals surface area contributed by atoms with Gasteiger partial charge in [-0.25, -0.2) is 0 Å². The van der Waals surface area contributed by atoms with Gasteiger partial charge in [-0.05, 0) is 53.0 Å². The molecule has 0 saturated heterocycles. The molecule has 3 rings (SSSR count). The lowest BCUT2D eigenvalue weighted by atomic mass is 10.1. The van der Waals surface area contributed by atoms with Crippen LogP contribution < -0.4 is 4.90 Å². The van der Waals surface area contributed by atoms with E-state index < -0.39 is 0 Å². The Bertz CT molecular complexity index is 703. The molecule has 2 heterocycles. The summed E-state index contributed by atoms with van der Waals surface area (Å²) >= 11 is 4.90. The first-order valence-electron chi connectivity index (χ1n) is 6.78. The van der Waals surface area contributed by atoms with Crippen molar-refractivity contribution < 1.29 is 9.59 Å². The van der Waals surface area contributed by atoms with Gasteiger partial charge in [0.1, 0.15) is 0 Å². The molecule has 0 bridgehead atoms. The standard InChI is InChI=1S/C16H14BrNO2S/c1-10-9-14(21-15(10)17)16(20)18-8-4-7-13(19)11-5-2-3-6-12(11)18/h2-3,5-6,9H,4,7-8H2,1H3. The Morgan fingerprint density at radius 1 is 1.33 bits per heavy atom. The SMILES string of the molecule is Cc1cc(C(=O)N2CCCC(=O)c3ccccc32)sc1Br. The van der Waals surface area contributed by atoms with Crippen molar-refractivity contribution in [3.8, 4) is 0 Å². The summed E-state index contributed by atoms with van der Waals surface area (Å²) in [6, 6.07) is 9.26. The molecule has 0 fully saturated rings. The van der Waals surface area contributed by atoms with Gasteiger partial charge < -0.3 is 4.90 Å². The fraction of sp³-hybridized carbons (Fsp3) is 0.250. The van der Waals surface area contributed by atoms with Gasteiger partial charge in [-0.3, -0.25) is 9.59 Å². The fourth-order valence-corrected chi connectivity index (χ4v) is 3.99. The normalized spacial score (nSPS) is 14.8. The van der Waals surface area contributed by atoms with E-state index >= 15 is 0 Å². The molecule has 1 amide bonds. The molecule has 0 N–H and O–H groups in total. The first kappa shape index (κ1) is 14.5. The molecule has 0 unspecified atom stereocenters. The fourth-order valence-electron chi connectivity index (χ4n) is 2.51. The molecule has 3 nitrogen and oxygen atoms in total. The number of anilines is 1. The predicted molar refractivity (Wildman–Crippen MR) is 88.4 cm³/mol. The maximum absolute atomic E-state index is 12.8. The lowest BCUT2D eigenvalue weighted by Crippen LogP contribution is -2.31. The van der Waals surface area contributed by atoms with Crippen LogP contribution in [-0.4, -0.2) is 18.2 Å². The van der Waals surface area contributed by atoms with Crippen molar-refractivity contribution in [3.63, 3.8) is 0 Å². The molecule has 1 aromatic carbocycles. The number of thiophene rings is 1. The van der Waals surface area contributed by atoms with Gasteiger partial charge in [-0.1, -0.05) is 12.1 Å². The third kappa shape index (κ3) is 2.68. The Kier molecular flexibility index (Phi) is 3.95. The van der Waals surface area contributed by atoms with Crippen molar-refractivity contribution in [2.45, 2.75) is 19.8 Å². The van der Waals surface area contributed by atoms with Gasteiger partial charge in [-0.15, -0.1) is 11.3 Å². The number of halogens is 1. The van der Waals surface area contributed by atoms with Crippen LogP contribution in [0.1, 0.15) is 38.4 Å². The third-order valence-electron chi connectivity index (χ3n) is 3.59. The second kappa shape index (κ2) is 5.73. The van der Waals surface area contributed by atoms with Crippen LogP contribution in [0.4, 0.5) is 5.69 Å². The summed E-state index contributed by atoms with van der Waals surface area (Å²) in [6.07, 6.45) is 1.19. The maximum atomic E-state index is 12.8. The first-order chi connectivity index (χ1) is 10.1. The molecule has 1 aliphatic heterocycles. The second-order valence-corrected chi connectivity index (χ2v) is 7.44. The van der Waals surface area contributed by atoms with E-state index in [9.17, 15) is 9.59 Å². The van der Waals surface area contributed by atoms with Gasteiger partial charge in [-0.2, -0.15) is 0 Å². The number of nitrogens with zero attached hydrogens (tertiary/aromatic N) is 1. The highest BCUT2D eigenvalue weighted by Gasteiger charge is 2.26. The van der Waals surface area contributed by atoms with Crippen molar-refractivity contribution >= 4 is 44.6 Å². The molecular formula is C16H14BrNO2S. The van der Waals surface area contributed by atoms with Gasteiger partial charge in [0.15, 0.2) is 5.78 Å². The number of Topliss-reactive ketones (excluding diaryl/α,β-unsaturated/α-hetero) is 1. The minimum absolute atomic E-state index is 0.0315. The minimum atomic E-state index is -0.0315. The first-order valence-corrected chi connectivity index (χ1v) is 8.39. The van der Waals surface area contributed by atoms with E-state index in [4.69, 9.17) is 0 Å². The Balaban J connectivity index is 2.03. The lowest BCUT2D eigenvalue weighted by molar-refractivity contribution is 0.0975. The molecule has 0 radical (unpaired) electrons. The highest BCUT2D eigenvalue weighted by atomic mass is 79.9. The summed E-state index contributed by atoms with van der Waals surface area (Å²) in [5, 5.41) is 0. The van der Waals surface area contributed by atoms with Crippen LogP contribution in [0.3, 0.4) is 0 Å². The molecule has 1 aromatic heterocycles. The summed E-state index contributed by atoms with van der Waals surface area (Å²) in [5.41, 5.74) is 2.44. The van der Waals surface area contributed by atoms with E-state index in [1.165, 1.54) is 11.3 Å². The van der Waals surface area contributed by atoms with E-state index in [1.54, 1.807) is 11.0 Å². The smallest absolute Gasteiger partial charge is 0.268 e. The number of hydrogen-bond acceptors (Lipinski definition) is 3. The van der Waals surface area contributed by atoms with Crippen LogP contribution in [0.25, 0.3) is 0 Å². The number of hydrogen-bond donors (Lipinski definition) is 0. The number of para-hydroxylation sites is 1. The van der Waals surface area contributed by atoms with Crippen molar-refractivity contribution in [1.82, 2.24) is 0 Å². The number of fused-ring (bicyclic) bond motifs is 1. The number of aryl methyl sites for hydroxylation is 1. The topological polar surface area (TPSA) is 37.4 Å². The highest BCUT2D eigenvalue weighted by Crippen LogP contribution is 2.32. The Labute approximate surface area is 135 Å². The summed E-state index contributed by atoms with van der Waals surface area (Å²) in [4.78, 5) is 27.3. The van der Waals surface area contributed by atoms with Crippen molar-refractivity contribution in [2.75, 3.05) is 11.4 Å². The van der Waals surface area contributed by atoms with Crippen LogP contribution >= 0.6 is 27.3 Å². The van der Waals surface area contributed by atoms with E-state index in [1.807, 2.05) is 31.2 Å². The molecule has 0 saturated carbocycles. The number of ketones is 1. The minimum Gasteiger partial charge on any atom is -0.307 e. The van der Waals surface area contributed by atoms with Crippen LogP contribution in [0.5, 0.6) is 0 Å². The van der Waals surface area contributed by atoms with Gasteiger partial charge in [0.25, 0.3) is 5.91 Å². The van der Waals surface area contributed by atoms with E-state index in [2.05, 4.69) is 15.9 Å². The summed E-state index contributed by atoms with van der Waals surface area (Å²) in [7, 11) is 0. The molecule has 1 aliphatic rings. The van der Waals surface area contributed by atoms with Crippen LogP contribution in [0.2, 0.25) is 0 Å².